The number of alkyl halides is 1. The average molecular weight is 369 g/mol. The SMILES string of the molecule is CC[NH+](CCCl)Cc1csc2ccc(Br)cc12.[Cl-]. The summed E-state index contributed by atoms with van der Waals surface area (Å²) >= 11 is 11.2. The van der Waals surface area contributed by atoms with Crippen molar-refractivity contribution in [3.05, 3.63) is 33.6 Å². The van der Waals surface area contributed by atoms with Crippen molar-refractivity contribution in [1.82, 2.24) is 0 Å². The van der Waals surface area contributed by atoms with Gasteiger partial charge in [-0.25, -0.2) is 0 Å². The molecule has 0 aliphatic heterocycles. The van der Waals surface area contributed by atoms with Gasteiger partial charge in [-0.1, -0.05) is 15.9 Å². The third-order valence-electron chi connectivity index (χ3n) is 3.00. The van der Waals surface area contributed by atoms with E-state index in [1.165, 1.54) is 15.6 Å². The monoisotopic (exact) mass is 367 g/mol. The van der Waals surface area contributed by atoms with Gasteiger partial charge >= 0.3 is 0 Å². The highest BCUT2D eigenvalue weighted by Gasteiger charge is 2.11. The molecule has 0 saturated carbocycles. The van der Waals surface area contributed by atoms with Crippen LogP contribution in [-0.4, -0.2) is 19.0 Å². The van der Waals surface area contributed by atoms with E-state index in [0.29, 0.717) is 0 Å². The van der Waals surface area contributed by atoms with Crippen LogP contribution in [0.5, 0.6) is 0 Å². The molecule has 0 amide bonds. The van der Waals surface area contributed by atoms with Gasteiger partial charge in [0.1, 0.15) is 6.54 Å². The van der Waals surface area contributed by atoms with E-state index in [9.17, 15) is 0 Å². The fraction of sp³-hybridized carbons (Fsp3) is 0.385. The van der Waals surface area contributed by atoms with E-state index in [-0.39, 0.29) is 12.4 Å². The molecule has 2 aromatic rings. The first-order valence-electron chi connectivity index (χ1n) is 5.79. The van der Waals surface area contributed by atoms with Crippen LogP contribution in [0.3, 0.4) is 0 Å². The molecule has 0 aliphatic rings. The van der Waals surface area contributed by atoms with E-state index >= 15 is 0 Å². The van der Waals surface area contributed by atoms with Gasteiger partial charge < -0.3 is 17.3 Å². The molecule has 0 saturated heterocycles. The Morgan fingerprint density at radius 2 is 2.17 bits per heavy atom. The Hall–Kier alpha value is 0.200. The van der Waals surface area contributed by atoms with E-state index in [0.717, 1.165) is 30.0 Å². The summed E-state index contributed by atoms with van der Waals surface area (Å²) in [4.78, 5) is 1.54. The van der Waals surface area contributed by atoms with Crippen LogP contribution < -0.4 is 17.3 Å². The zero-order valence-electron chi connectivity index (χ0n) is 10.2. The molecule has 2 rings (SSSR count). The summed E-state index contributed by atoms with van der Waals surface area (Å²) in [5, 5.41) is 3.66. The Morgan fingerprint density at radius 1 is 1.39 bits per heavy atom. The van der Waals surface area contributed by atoms with Gasteiger partial charge in [0.25, 0.3) is 0 Å². The average Bonchev–Trinajstić information content (AvgIpc) is 2.71. The number of benzene rings is 1. The summed E-state index contributed by atoms with van der Waals surface area (Å²) < 4.78 is 2.52. The van der Waals surface area contributed by atoms with Gasteiger partial charge in [-0.3, -0.25) is 0 Å². The van der Waals surface area contributed by atoms with Crippen molar-refractivity contribution in [2.45, 2.75) is 13.5 Å². The number of fused-ring (bicyclic) bond motifs is 1. The van der Waals surface area contributed by atoms with Crippen molar-refractivity contribution in [3.8, 4) is 0 Å². The summed E-state index contributed by atoms with van der Waals surface area (Å²) in [6.07, 6.45) is 0. The van der Waals surface area contributed by atoms with Gasteiger partial charge in [0.15, 0.2) is 0 Å². The van der Waals surface area contributed by atoms with E-state index in [1.807, 2.05) is 11.3 Å². The van der Waals surface area contributed by atoms with Crippen LogP contribution in [0.1, 0.15) is 12.5 Å². The highest BCUT2D eigenvalue weighted by molar-refractivity contribution is 9.10. The second kappa shape index (κ2) is 7.71. The van der Waals surface area contributed by atoms with Crippen molar-refractivity contribution in [3.63, 3.8) is 0 Å². The summed E-state index contributed by atoms with van der Waals surface area (Å²) in [5.74, 6) is 0.731. The molecule has 0 spiro atoms. The molecule has 1 heterocycles. The zero-order chi connectivity index (χ0) is 12.3. The van der Waals surface area contributed by atoms with Gasteiger partial charge in [-0.05, 0) is 25.1 Å². The van der Waals surface area contributed by atoms with Crippen LogP contribution in [0.2, 0.25) is 0 Å². The molecule has 0 aliphatic carbocycles. The highest BCUT2D eigenvalue weighted by atomic mass is 79.9. The van der Waals surface area contributed by atoms with Gasteiger partial charge in [0, 0.05) is 25.5 Å². The molecule has 100 valence electrons. The van der Waals surface area contributed by atoms with Crippen LogP contribution >= 0.6 is 38.9 Å². The third kappa shape index (κ3) is 3.84. The van der Waals surface area contributed by atoms with Crippen molar-refractivity contribution in [1.29, 1.82) is 0 Å². The molecular weight excluding hydrogens is 353 g/mol. The molecule has 5 heteroatoms. The number of nitrogens with one attached hydrogen (secondary N) is 1. The van der Waals surface area contributed by atoms with E-state index in [1.54, 1.807) is 4.90 Å². The standard InChI is InChI=1S/C13H15BrClNS.ClH/c1-2-16(6-5-15)8-10-9-17-13-4-3-11(14)7-12(10)13;/h3-4,7,9H,2,5-6,8H2,1H3;1H. The molecular formula is C13H16BrCl2NS. The van der Waals surface area contributed by atoms with Crippen LogP contribution in [0.4, 0.5) is 0 Å². The second-order valence-electron chi connectivity index (χ2n) is 4.12. The lowest BCUT2D eigenvalue weighted by molar-refractivity contribution is -0.909. The lowest BCUT2D eigenvalue weighted by Crippen LogP contribution is -3.10. The number of hydrogen-bond donors (Lipinski definition) is 1. The summed E-state index contributed by atoms with van der Waals surface area (Å²) in [6, 6.07) is 6.50. The Morgan fingerprint density at radius 3 is 2.83 bits per heavy atom. The second-order valence-corrected chi connectivity index (χ2v) is 6.33. The predicted molar refractivity (Wildman–Crippen MR) is 80.3 cm³/mol. The molecule has 18 heavy (non-hydrogen) atoms. The van der Waals surface area contributed by atoms with E-state index in [4.69, 9.17) is 11.6 Å². The maximum atomic E-state index is 5.83. The smallest absolute Gasteiger partial charge is 0.104 e. The van der Waals surface area contributed by atoms with E-state index in [2.05, 4.69) is 46.4 Å². The lowest BCUT2D eigenvalue weighted by atomic mass is 10.1. The van der Waals surface area contributed by atoms with Crippen LogP contribution in [0, 0.1) is 0 Å². The summed E-state index contributed by atoms with van der Waals surface area (Å²) in [6.45, 7) is 5.44. The van der Waals surface area contributed by atoms with Crippen molar-refractivity contribution in [2.75, 3.05) is 19.0 Å². The lowest BCUT2D eigenvalue weighted by Gasteiger charge is -2.15. The van der Waals surface area contributed by atoms with Gasteiger partial charge in [0.2, 0.25) is 0 Å². The molecule has 0 fully saturated rings. The van der Waals surface area contributed by atoms with Crippen LogP contribution in [0.25, 0.3) is 10.1 Å². The number of hydrogen-bond acceptors (Lipinski definition) is 1. The minimum atomic E-state index is 0. The fourth-order valence-electron chi connectivity index (χ4n) is 1.98. The normalized spacial score (nSPS) is 12.4. The Balaban J connectivity index is 0.00000162. The zero-order valence-corrected chi connectivity index (χ0v) is 14.1. The molecule has 1 nitrogen and oxygen atoms in total. The topological polar surface area (TPSA) is 4.44 Å². The summed E-state index contributed by atoms with van der Waals surface area (Å²) in [7, 11) is 0. The molecule has 1 atom stereocenters. The molecule has 0 radical (unpaired) electrons. The van der Waals surface area contributed by atoms with Gasteiger partial charge in [0.05, 0.1) is 19.0 Å². The minimum Gasteiger partial charge on any atom is -1.00 e. The van der Waals surface area contributed by atoms with Gasteiger partial charge in [-0.2, -0.15) is 0 Å². The van der Waals surface area contributed by atoms with Gasteiger partial charge in [-0.15, -0.1) is 22.9 Å². The first-order valence-corrected chi connectivity index (χ1v) is 8.00. The summed E-state index contributed by atoms with van der Waals surface area (Å²) in [5.41, 5.74) is 1.44. The minimum absolute atomic E-state index is 0. The van der Waals surface area contributed by atoms with Crippen LogP contribution in [-0.2, 0) is 6.54 Å². The maximum Gasteiger partial charge on any atom is 0.104 e. The predicted octanol–water partition coefficient (Wildman–Crippen LogP) is 0.311. The molecule has 0 bridgehead atoms. The maximum absolute atomic E-state index is 5.83. The van der Waals surface area contributed by atoms with Crippen LogP contribution in [0.15, 0.2) is 28.1 Å². The molecule has 1 aromatic heterocycles. The molecule has 1 aromatic carbocycles. The first kappa shape index (κ1) is 16.3. The third-order valence-corrected chi connectivity index (χ3v) is 4.70. The number of quaternary nitrogens is 1. The Bertz CT molecular complexity index is 501. The Labute approximate surface area is 132 Å². The molecule has 1 N–H and O–H groups in total. The number of halogens is 3. The number of thiophene rings is 1. The van der Waals surface area contributed by atoms with E-state index < -0.39 is 0 Å². The van der Waals surface area contributed by atoms with Crippen molar-refractivity contribution < 1.29 is 17.3 Å². The number of rotatable bonds is 5. The largest absolute Gasteiger partial charge is 1.00 e. The molecule has 1 unspecified atom stereocenters. The van der Waals surface area contributed by atoms with Crippen molar-refractivity contribution in [2.24, 2.45) is 0 Å². The fourth-order valence-corrected chi connectivity index (χ4v) is 3.56. The Kier molecular flexibility index (Phi) is 6.96. The van der Waals surface area contributed by atoms with Crippen molar-refractivity contribution >= 4 is 49.0 Å². The highest BCUT2D eigenvalue weighted by Crippen LogP contribution is 2.28. The quantitative estimate of drug-likeness (QED) is 0.724. The first-order chi connectivity index (χ1) is 8.24.